The normalized spacial score (nSPS) is 12.5. The molecule has 0 aromatic heterocycles. The minimum Gasteiger partial charge on any atom is -0.489 e. The highest BCUT2D eigenvalue weighted by molar-refractivity contribution is 6.72. The van der Waals surface area contributed by atoms with E-state index in [2.05, 4.69) is 11.8 Å². The highest BCUT2D eigenvalue weighted by atomic mass is 16.4. The average Bonchev–Trinajstić information content (AvgIpc) is 2.50. The third-order valence-corrected chi connectivity index (χ3v) is 4.78. The second kappa shape index (κ2) is 16.4. The van der Waals surface area contributed by atoms with E-state index in [9.17, 15) is 4.79 Å². The lowest BCUT2D eigenvalue weighted by atomic mass is 9.67. The molecule has 0 radical (unpaired) electrons. The largest absolute Gasteiger partial charge is 0.489 e. The fourth-order valence-corrected chi connectivity index (χ4v) is 3.14. The van der Waals surface area contributed by atoms with Gasteiger partial charge < -0.3 is 10.0 Å². The molecule has 0 aliphatic rings. The summed E-state index contributed by atoms with van der Waals surface area (Å²) in [4.78, 5) is 12.9. The van der Waals surface area contributed by atoms with Crippen LogP contribution in [-0.2, 0) is 0 Å². The first-order valence-corrected chi connectivity index (χ1v) is 9.96. The Morgan fingerprint density at radius 2 is 1.22 bits per heavy atom. The summed E-state index contributed by atoms with van der Waals surface area (Å²) in [5.74, 6) is -0.487. The van der Waals surface area contributed by atoms with Crippen LogP contribution in [0.25, 0.3) is 0 Å². The fraction of sp³-hybridized carbons (Fsp3) is 0.947. The molecular weight excluding hydrogens is 285 g/mol. The predicted molar refractivity (Wildman–Crippen MR) is 103 cm³/mol. The Labute approximate surface area is 145 Å². The lowest BCUT2D eigenvalue weighted by Gasteiger charge is -2.21. The number of hydrogen-bond acceptors (Lipinski definition) is 2. The number of carboxylic acid groups (broad SMARTS) is 1. The smallest absolute Gasteiger partial charge is 0.279 e. The molecule has 0 spiro atoms. The van der Waals surface area contributed by atoms with Gasteiger partial charge in [0.05, 0.1) is 0 Å². The summed E-state index contributed by atoms with van der Waals surface area (Å²) >= 11 is 0. The molecule has 0 heterocycles. The Kier molecular flexibility index (Phi) is 16.0. The molecule has 4 heteroatoms. The number of nitrogens with zero attached hydrogens (tertiary/aromatic N) is 1. The molecule has 3 nitrogen and oxygen atoms in total. The van der Waals surface area contributed by atoms with Gasteiger partial charge in [-0.15, -0.1) is 0 Å². The minimum atomic E-state index is -0.682. The van der Waals surface area contributed by atoms with Crippen molar-refractivity contribution in [2.75, 3.05) is 14.1 Å². The second-order valence-corrected chi connectivity index (χ2v) is 7.25. The van der Waals surface area contributed by atoms with E-state index in [1.807, 2.05) is 14.1 Å². The van der Waals surface area contributed by atoms with Crippen molar-refractivity contribution in [1.29, 1.82) is 0 Å². The van der Waals surface area contributed by atoms with E-state index < -0.39 is 5.87 Å². The van der Waals surface area contributed by atoms with E-state index in [1.54, 1.807) is 0 Å². The third kappa shape index (κ3) is 16.1. The maximum atomic E-state index is 10.8. The van der Waals surface area contributed by atoms with Gasteiger partial charge in [0.15, 0.2) is 0 Å². The zero-order valence-electron chi connectivity index (χ0n) is 16.0. The zero-order chi connectivity index (χ0) is 17.3. The van der Waals surface area contributed by atoms with Crippen molar-refractivity contribution in [1.82, 2.24) is 4.90 Å². The second-order valence-electron chi connectivity index (χ2n) is 7.25. The van der Waals surface area contributed by atoms with Crippen molar-refractivity contribution in [2.45, 2.75) is 103 Å². The molecule has 0 aliphatic carbocycles. The standard InChI is InChI=1S/C19H40BNO2/c1-4-5-6-7-8-9-10-11-12-13-14-15-16-17-18(21(2)3)20-19(22)23/h18,20H,4-17H2,1-3H3,(H,22,23). The molecule has 0 fully saturated rings. The van der Waals surface area contributed by atoms with Crippen LogP contribution in [0.3, 0.4) is 0 Å². The highest BCUT2D eigenvalue weighted by Gasteiger charge is 2.17. The molecule has 23 heavy (non-hydrogen) atoms. The van der Waals surface area contributed by atoms with E-state index in [1.165, 1.54) is 77.0 Å². The van der Waals surface area contributed by atoms with E-state index in [0.29, 0.717) is 0 Å². The molecule has 136 valence electrons. The monoisotopic (exact) mass is 325 g/mol. The first kappa shape index (κ1) is 22.5. The predicted octanol–water partition coefficient (Wildman–Crippen LogP) is 5.47. The molecule has 1 atom stereocenters. The first-order chi connectivity index (χ1) is 11.1. The first-order valence-electron chi connectivity index (χ1n) is 9.96. The Hall–Kier alpha value is -0.505. The number of unbranched alkanes of at least 4 members (excludes halogenated alkanes) is 12. The van der Waals surface area contributed by atoms with Gasteiger partial charge in [0.2, 0.25) is 5.87 Å². The van der Waals surface area contributed by atoms with Gasteiger partial charge in [-0.05, 0) is 26.5 Å². The van der Waals surface area contributed by atoms with Crippen molar-refractivity contribution in [2.24, 2.45) is 0 Å². The molecule has 0 aromatic carbocycles. The summed E-state index contributed by atoms with van der Waals surface area (Å²) in [5.41, 5.74) is 0. The van der Waals surface area contributed by atoms with E-state index in [0.717, 1.165) is 12.8 Å². The van der Waals surface area contributed by atoms with Crippen molar-refractivity contribution in [3.63, 3.8) is 0 Å². The van der Waals surface area contributed by atoms with E-state index in [4.69, 9.17) is 5.11 Å². The number of hydrogen-bond donors (Lipinski definition) is 1. The van der Waals surface area contributed by atoms with Crippen molar-refractivity contribution in [3.8, 4) is 0 Å². The van der Waals surface area contributed by atoms with Gasteiger partial charge in [-0.3, -0.25) is 4.79 Å². The van der Waals surface area contributed by atoms with Gasteiger partial charge in [0, 0.05) is 0 Å². The Bertz CT molecular complexity index is 272. The quantitative estimate of drug-likeness (QED) is 0.285. The zero-order valence-corrected chi connectivity index (χ0v) is 16.0. The van der Waals surface area contributed by atoms with Gasteiger partial charge in [0.1, 0.15) is 0 Å². The van der Waals surface area contributed by atoms with Crippen LogP contribution in [0.1, 0.15) is 96.8 Å². The van der Waals surface area contributed by atoms with Crippen LogP contribution in [-0.4, -0.2) is 43.2 Å². The third-order valence-electron chi connectivity index (χ3n) is 4.78. The lowest BCUT2D eigenvalue weighted by Crippen LogP contribution is -2.37. The SMILES string of the molecule is CCCCCCCCCCCCCCCC(BC(=O)O)N(C)C. The Morgan fingerprint density at radius 3 is 1.57 bits per heavy atom. The molecule has 0 bridgehead atoms. The number of rotatable bonds is 17. The van der Waals surface area contributed by atoms with Crippen molar-refractivity contribution >= 4 is 13.1 Å². The molecular formula is C19H40BNO2. The van der Waals surface area contributed by atoms with Crippen molar-refractivity contribution < 1.29 is 9.90 Å². The molecule has 1 N–H and O–H groups in total. The maximum absolute atomic E-state index is 10.8. The van der Waals surface area contributed by atoms with E-state index in [-0.39, 0.29) is 13.2 Å². The molecule has 0 aromatic rings. The van der Waals surface area contributed by atoms with Gasteiger partial charge in [0.25, 0.3) is 7.28 Å². The van der Waals surface area contributed by atoms with Crippen molar-refractivity contribution in [3.05, 3.63) is 0 Å². The fourth-order valence-electron chi connectivity index (χ4n) is 3.14. The Morgan fingerprint density at radius 1 is 0.826 bits per heavy atom. The molecule has 0 saturated heterocycles. The summed E-state index contributed by atoms with van der Waals surface area (Å²) in [6.07, 6.45) is 18.7. The Balaban J connectivity index is 3.30. The summed E-state index contributed by atoms with van der Waals surface area (Å²) in [6.45, 7) is 2.27. The highest BCUT2D eigenvalue weighted by Crippen LogP contribution is 2.14. The van der Waals surface area contributed by atoms with Gasteiger partial charge >= 0.3 is 0 Å². The summed E-state index contributed by atoms with van der Waals surface area (Å²) in [7, 11) is 4.23. The lowest BCUT2D eigenvalue weighted by molar-refractivity contribution is 0.217. The number of carbonyl (C=O) groups is 1. The average molecular weight is 325 g/mol. The van der Waals surface area contributed by atoms with Crippen LogP contribution < -0.4 is 0 Å². The summed E-state index contributed by atoms with van der Waals surface area (Å²) in [5, 5.41) is 8.91. The summed E-state index contributed by atoms with van der Waals surface area (Å²) in [6, 6.07) is 0. The molecule has 1 unspecified atom stereocenters. The van der Waals surface area contributed by atoms with Crippen LogP contribution in [0.2, 0.25) is 0 Å². The van der Waals surface area contributed by atoms with Crippen LogP contribution in [0.5, 0.6) is 0 Å². The van der Waals surface area contributed by atoms with Gasteiger partial charge in [-0.25, -0.2) is 0 Å². The molecule has 0 rings (SSSR count). The maximum Gasteiger partial charge on any atom is 0.279 e. The van der Waals surface area contributed by atoms with Gasteiger partial charge in [-0.2, -0.15) is 0 Å². The van der Waals surface area contributed by atoms with Gasteiger partial charge in [-0.1, -0.05) is 90.4 Å². The van der Waals surface area contributed by atoms with E-state index >= 15 is 0 Å². The molecule has 0 saturated carbocycles. The van der Waals surface area contributed by atoms with Crippen LogP contribution in [0.4, 0.5) is 4.79 Å². The molecule has 0 amide bonds. The van der Waals surface area contributed by atoms with Crippen LogP contribution >= 0.6 is 0 Å². The summed E-state index contributed by atoms with van der Waals surface area (Å²) < 4.78 is 0. The minimum absolute atomic E-state index is 0.195. The van der Waals surface area contributed by atoms with Crippen LogP contribution in [0, 0.1) is 0 Å². The molecule has 0 aliphatic heterocycles. The van der Waals surface area contributed by atoms with Crippen LogP contribution in [0.15, 0.2) is 0 Å². The topological polar surface area (TPSA) is 40.5 Å².